The van der Waals surface area contributed by atoms with Gasteiger partial charge < -0.3 is 5.11 Å². The van der Waals surface area contributed by atoms with Gasteiger partial charge in [-0.2, -0.15) is 0 Å². The smallest absolute Gasteiger partial charge is 0.137 e. The second-order valence-electron chi connectivity index (χ2n) is 6.24. The van der Waals surface area contributed by atoms with Crippen LogP contribution in [-0.2, 0) is 6.42 Å². The van der Waals surface area contributed by atoms with Gasteiger partial charge in [-0.25, -0.2) is 4.39 Å². The molecule has 0 aromatic heterocycles. The van der Waals surface area contributed by atoms with Crippen molar-refractivity contribution in [1.29, 1.82) is 0 Å². The summed E-state index contributed by atoms with van der Waals surface area (Å²) in [6, 6.07) is 5.03. The first kappa shape index (κ1) is 13.6. The summed E-state index contributed by atoms with van der Waals surface area (Å²) in [5.74, 6) is 2.21. The summed E-state index contributed by atoms with van der Waals surface area (Å²) in [5.41, 5.74) is 0.871. The topological polar surface area (TPSA) is 20.2 Å². The van der Waals surface area contributed by atoms with E-state index in [0.717, 1.165) is 23.8 Å². The molecule has 2 aliphatic carbocycles. The predicted octanol–water partition coefficient (Wildman–Crippen LogP) is 4.32. The van der Waals surface area contributed by atoms with Crippen LogP contribution in [-0.4, -0.2) is 11.2 Å². The lowest BCUT2D eigenvalue weighted by Crippen LogP contribution is -2.20. The Kier molecular flexibility index (Phi) is 3.95. The standard InChI is InChI=1S/C16H20BrFO/c17-16-12(2-1-3-15(16)18)8-14(19)9-13-7-10-4-5-11(13)6-10/h1-3,10-11,13-14,19H,4-9H2. The van der Waals surface area contributed by atoms with Crippen LogP contribution in [0.3, 0.4) is 0 Å². The minimum atomic E-state index is -0.345. The molecule has 2 bridgehead atoms. The van der Waals surface area contributed by atoms with Gasteiger partial charge in [0, 0.05) is 0 Å². The molecule has 4 atom stereocenters. The molecule has 19 heavy (non-hydrogen) atoms. The number of halogens is 2. The molecule has 1 nitrogen and oxygen atoms in total. The average molecular weight is 327 g/mol. The highest BCUT2D eigenvalue weighted by atomic mass is 79.9. The zero-order valence-corrected chi connectivity index (χ0v) is 12.6. The van der Waals surface area contributed by atoms with E-state index in [1.165, 1.54) is 31.7 Å². The van der Waals surface area contributed by atoms with Gasteiger partial charge in [-0.1, -0.05) is 18.6 Å². The number of aliphatic hydroxyl groups is 1. The van der Waals surface area contributed by atoms with Gasteiger partial charge in [-0.3, -0.25) is 0 Å². The highest BCUT2D eigenvalue weighted by Crippen LogP contribution is 2.50. The number of hydrogen-bond acceptors (Lipinski definition) is 1. The predicted molar refractivity (Wildman–Crippen MR) is 77.4 cm³/mol. The van der Waals surface area contributed by atoms with Crippen molar-refractivity contribution in [3.8, 4) is 0 Å². The first-order chi connectivity index (χ1) is 9.13. The lowest BCUT2D eigenvalue weighted by molar-refractivity contribution is 0.124. The molecular formula is C16H20BrFO. The summed E-state index contributed by atoms with van der Waals surface area (Å²) in [6.45, 7) is 0. The fourth-order valence-electron chi connectivity index (χ4n) is 4.06. The molecule has 0 heterocycles. The molecular weight excluding hydrogens is 307 g/mol. The zero-order chi connectivity index (χ0) is 13.4. The Bertz CT molecular complexity index is 462. The Hall–Kier alpha value is -0.410. The van der Waals surface area contributed by atoms with Crippen LogP contribution in [0.2, 0.25) is 0 Å². The quantitative estimate of drug-likeness (QED) is 0.873. The highest BCUT2D eigenvalue weighted by Gasteiger charge is 2.39. The fraction of sp³-hybridized carbons (Fsp3) is 0.625. The summed E-state index contributed by atoms with van der Waals surface area (Å²) in [5, 5.41) is 10.3. The molecule has 104 valence electrons. The summed E-state index contributed by atoms with van der Waals surface area (Å²) in [6.07, 6.45) is 6.50. The van der Waals surface area contributed by atoms with Gasteiger partial charge in [0.2, 0.25) is 0 Å². The normalized spacial score (nSPS) is 30.8. The number of benzene rings is 1. The van der Waals surface area contributed by atoms with E-state index in [1.54, 1.807) is 6.07 Å². The van der Waals surface area contributed by atoms with E-state index >= 15 is 0 Å². The van der Waals surface area contributed by atoms with Gasteiger partial charge in [0.05, 0.1) is 10.6 Å². The molecule has 3 heteroatoms. The maximum absolute atomic E-state index is 13.4. The van der Waals surface area contributed by atoms with Gasteiger partial charge >= 0.3 is 0 Å². The maximum Gasteiger partial charge on any atom is 0.137 e. The molecule has 1 N–H and O–H groups in total. The van der Waals surface area contributed by atoms with E-state index in [4.69, 9.17) is 0 Å². The van der Waals surface area contributed by atoms with Crippen molar-refractivity contribution in [2.24, 2.45) is 17.8 Å². The first-order valence-electron chi connectivity index (χ1n) is 7.24. The molecule has 0 aliphatic heterocycles. The first-order valence-corrected chi connectivity index (χ1v) is 8.03. The van der Waals surface area contributed by atoms with Crippen LogP contribution in [0.1, 0.15) is 37.7 Å². The minimum absolute atomic E-state index is 0.246. The van der Waals surface area contributed by atoms with Crippen LogP contribution in [0.5, 0.6) is 0 Å². The molecule has 3 rings (SSSR count). The van der Waals surface area contributed by atoms with E-state index in [2.05, 4.69) is 15.9 Å². The van der Waals surface area contributed by atoms with Gasteiger partial charge in [-0.05, 0) is 77.4 Å². The van der Waals surface area contributed by atoms with Crippen LogP contribution in [0, 0.1) is 23.6 Å². The van der Waals surface area contributed by atoms with E-state index in [-0.39, 0.29) is 11.9 Å². The SMILES string of the molecule is OC(Cc1cccc(F)c1Br)CC1CC2CCC1C2. The van der Waals surface area contributed by atoms with Crippen LogP contribution in [0.25, 0.3) is 0 Å². The van der Waals surface area contributed by atoms with Crippen LogP contribution in [0.15, 0.2) is 22.7 Å². The Morgan fingerprint density at radius 2 is 2.16 bits per heavy atom. The monoisotopic (exact) mass is 326 g/mol. The summed E-state index contributed by atoms with van der Waals surface area (Å²) >= 11 is 3.27. The third-order valence-electron chi connectivity index (χ3n) is 4.95. The Morgan fingerprint density at radius 3 is 2.84 bits per heavy atom. The Morgan fingerprint density at radius 1 is 1.32 bits per heavy atom. The minimum Gasteiger partial charge on any atom is -0.393 e. The van der Waals surface area contributed by atoms with Crippen LogP contribution < -0.4 is 0 Å². The van der Waals surface area contributed by atoms with E-state index in [1.807, 2.05) is 6.07 Å². The molecule has 0 saturated heterocycles. The highest BCUT2D eigenvalue weighted by molar-refractivity contribution is 9.10. The second kappa shape index (κ2) is 5.53. The molecule has 0 amide bonds. The van der Waals surface area contributed by atoms with Gasteiger partial charge in [0.25, 0.3) is 0 Å². The van der Waals surface area contributed by atoms with Crippen molar-refractivity contribution in [3.63, 3.8) is 0 Å². The van der Waals surface area contributed by atoms with Crippen LogP contribution >= 0.6 is 15.9 Å². The third kappa shape index (κ3) is 2.87. The molecule has 4 unspecified atom stereocenters. The Labute approximate surface area is 122 Å². The molecule has 0 radical (unpaired) electrons. The molecule has 0 spiro atoms. The van der Waals surface area contributed by atoms with Crippen molar-refractivity contribution < 1.29 is 9.50 Å². The number of aliphatic hydroxyl groups excluding tert-OH is 1. The van der Waals surface area contributed by atoms with Crippen molar-refractivity contribution in [3.05, 3.63) is 34.1 Å². The Balaban J connectivity index is 1.59. The fourth-order valence-corrected chi connectivity index (χ4v) is 4.48. The maximum atomic E-state index is 13.4. The zero-order valence-electron chi connectivity index (χ0n) is 11.0. The molecule has 2 saturated carbocycles. The van der Waals surface area contributed by atoms with Gasteiger partial charge in [0.1, 0.15) is 5.82 Å². The van der Waals surface area contributed by atoms with E-state index in [0.29, 0.717) is 16.8 Å². The number of hydrogen-bond donors (Lipinski definition) is 1. The molecule has 1 aromatic carbocycles. The summed E-state index contributed by atoms with van der Waals surface area (Å²) in [4.78, 5) is 0. The summed E-state index contributed by atoms with van der Waals surface area (Å²) < 4.78 is 13.9. The molecule has 2 fully saturated rings. The van der Waals surface area contributed by atoms with Crippen molar-refractivity contribution in [1.82, 2.24) is 0 Å². The number of fused-ring (bicyclic) bond motifs is 2. The largest absolute Gasteiger partial charge is 0.393 e. The lowest BCUT2D eigenvalue weighted by Gasteiger charge is -2.24. The van der Waals surface area contributed by atoms with Crippen LogP contribution in [0.4, 0.5) is 4.39 Å². The van der Waals surface area contributed by atoms with Crippen molar-refractivity contribution in [2.45, 2.75) is 44.6 Å². The van der Waals surface area contributed by atoms with E-state index in [9.17, 15) is 9.50 Å². The third-order valence-corrected chi connectivity index (χ3v) is 5.83. The number of rotatable bonds is 4. The van der Waals surface area contributed by atoms with Crippen molar-refractivity contribution >= 4 is 15.9 Å². The lowest BCUT2D eigenvalue weighted by atomic mass is 9.84. The van der Waals surface area contributed by atoms with Gasteiger partial charge in [-0.15, -0.1) is 0 Å². The van der Waals surface area contributed by atoms with E-state index < -0.39 is 0 Å². The summed E-state index contributed by atoms with van der Waals surface area (Å²) in [7, 11) is 0. The molecule has 2 aliphatic rings. The second-order valence-corrected chi connectivity index (χ2v) is 7.03. The van der Waals surface area contributed by atoms with Gasteiger partial charge in [0.15, 0.2) is 0 Å². The van der Waals surface area contributed by atoms with Crippen molar-refractivity contribution in [2.75, 3.05) is 0 Å². The molecule has 1 aromatic rings. The average Bonchev–Trinajstić information content (AvgIpc) is 2.97.